The SMILES string of the molecule is CCOC(=O)C1CCN(c2nc(NCc3ccc4c(c3)OCO4)c3cc(OC)c(OC)c(OC)c3n2)CC1.Cl. The number of benzene rings is 2. The number of hydrogen-bond acceptors (Lipinski definition) is 11. The van der Waals surface area contributed by atoms with Crippen LogP contribution in [0.1, 0.15) is 25.3 Å². The van der Waals surface area contributed by atoms with E-state index in [0.29, 0.717) is 73.6 Å². The molecule has 1 saturated heterocycles. The van der Waals surface area contributed by atoms with Crippen LogP contribution in [0.3, 0.4) is 0 Å². The van der Waals surface area contributed by atoms with Gasteiger partial charge in [-0.25, -0.2) is 4.98 Å². The molecule has 0 spiro atoms. The number of ether oxygens (including phenoxy) is 6. The number of nitrogens with one attached hydrogen (secondary N) is 1. The molecule has 210 valence electrons. The second-order valence-electron chi connectivity index (χ2n) is 8.97. The van der Waals surface area contributed by atoms with Gasteiger partial charge in [0.05, 0.1) is 39.2 Å². The first-order valence-corrected chi connectivity index (χ1v) is 12.6. The summed E-state index contributed by atoms with van der Waals surface area (Å²) < 4.78 is 33.1. The van der Waals surface area contributed by atoms with Gasteiger partial charge in [0.1, 0.15) is 11.3 Å². The molecule has 3 heterocycles. The summed E-state index contributed by atoms with van der Waals surface area (Å²) in [4.78, 5) is 24.1. The second-order valence-corrected chi connectivity index (χ2v) is 8.97. The standard InChI is InChI=1S/C27H32N4O7.ClH/c1-5-36-26(32)17-8-10-31(11-9-17)27-29-22-18(13-21(33-2)23(34-3)24(22)35-4)25(30-27)28-14-16-6-7-19-20(12-16)38-15-37-19;/h6-7,12-13,17H,5,8-11,14-15H2,1-4H3,(H,28,29,30);1H. The summed E-state index contributed by atoms with van der Waals surface area (Å²) in [5.74, 6) is 3.77. The minimum Gasteiger partial charge on any atom is -0.493 e. The van der Waals surface area contributed by atoms with E-state index in [9.17, 15) is 4.79 Å². The zero-order valence-electron chi connectivity index (χ0n) is 22.4. The van der Waals surface area contributed by atoms with Crippen molar-refractivity contribution in [2.45, 2.75) is 26.3 Å². The zero-order chi connectivity index (χ0) is 26.6. The smallest absolute Gasteiger partial charge is 0.309 e. The average molecular weight is 561 g/mol. The normalized spacial score (nSPS) is 14.5. The molecule has 0 saturated carbocycles. The third kappa shape index (κ3) is 5.63. The van der Waals surface area contributed by atoms with Gasteiger partial charge in [-0.15, -0.1) is 12.4 Å². The maximum Gasteiger partial charge on any atom is 0.309 e. The Morgan fingerprint density at radius 3 is 2.46 bits per heavy atom. The highest BCUT2D eigenvalue weighted by molar-refractivity contribution is 5.97. The predicted octanol–water partition coefficient (Wildman–Crippen LogP) is 4.20. The van der Waals surface area contributed by atoms with Crippen molar-refractivity contribution in [2.24, 2.45) is 5.92 Å². The van der Waals surface area contributed by atoms with Crippen LogP contribution in [-0.4, -0.2) is 63.8 Å². The number of rotatable bonds is 9. The zero-order valence-corrected chi connectivity index (χ0v) is 23.3. The van der Waals surface area contributed by atoms with Gasteiger partial charge in [-0.1, -0.05) is 6.07 Å². The van der Waals surface area contributed by atoms with Crippen molar-refractivity contribution in [2.75, 3.05) is 58.0 Å². The molecule has 1 aromatic heterocycles. The molecule has 0 amide bonds. The molecule has 12 heteroatoms. The van der Waals surface area contributed by atoms with Crippen LogP contribution < -0.4 is 33.9 Å². The van der Waals surface area contributed by atoms with Crippen LogP contribution in [0.4, 0.5) is 11.8 Å². The monoisotopic (exact) mass is 560 g/mol. The maximum atomic E-state index is 12.2. The van der Waals surface area contributed by atoms with Gasteiger partial charge in [-0.2, -0.15) is 4.98 Å². The number of anilines is 2. The first-order chi connectivity index (χ1) is 18.6. The highest BCUT2D eigenvalue weighted by atomic mass is 35.5. The third-order valence-corrected chi connectivity index (χ3v) is 6.78. The van der Waals surface area contributed by atoms with Crippen molar-refractivity contribution in [3.05, 3.63) is 29.8 Å². The van der Waals surface area contributed by atoms with Crippen LogP contribution in [0.2, 0.25) is 0 Å². The fourth-order valence-electron chi connectivity index (χ4n) is 4.81. The van der Waals surface area contributed by atoms with Crippen molar-refractivity contribution in [3.63, 3.8) is 0 Å². The van der Waals surface area contributed by atoms with Gasteiger partial charge in [0.25, 0.3) is 0 Å². The highest BCUT2D eigenvalue weighted by Gasteiger charge is 2.29. The maximum absolute atomic E-state index is 12.2. The molecule has 5 rings (SSSR count). The quantitative estimate of drug-likeness (QED) is 0.380. The van der Waals surface area contributed by atoms with Gasteiger partial charge >= 0.3 is 5.97 Å². The minimum absolute atomic E-state index is 0. The molecule has 0 radical (unpaired) electrons. The lowest BCUT2D eigenvalue weighted by Gasteiger charge is -2.31. The Morgan fingerprint density at radius 1 is 1.03 bits per heavy atom. The number of hydrogen-bond donors (Lipinski definition) is 1. The number of piperidine rings is 1. The van der Waals surface area contributed by atoms with E-state index in [0.717, 1.165) is 22.4 Å². The molecule has 1 N–H and O–H groups in total. The van der Waals surface area contributed by atoms with Crippen molar-refractivity contribution in [1.82, 2.24) is 9.97 Å². The van der Waals surface area contributed by atoms with Crippen LogP contribution in [-0.2, 0) is 16.1 Å². The molecule has 11 nitrogen and oxygen atoms in total. The Bertz CT molecular complexity index is 1330. The molecular formula is C27H33ClN4O7. The fourth-order valence-corrected chi connectivity index (χ4v) is 4.81. The topological polar surface area (TPSA) is 114 Å². The first-order valence-electron chi connectivity index (χ1n) is 12.6. The molecule has 3 aromatic rings. The molecule has 2 aromatic carbocycles. The van der Waals surface area contributed by atoms with E-state index in [2.05, 4.69) is 10.2 Å². The van der Waals surface area contributed by atoms with E-state index in [-0.39, 0.29) is 31.1 Å². The van der Waals surface area contributed by atoms with Gasteiger partial charge in [-0.3, -0.25) is 4.79 Å². The Labute approximate surface area is 233 Å². The second kappa shape index (κ2) is 12.3. The predicted molar refractivity (Wildman–Crippen MR) is 148 cm³/mol. The molecule has 1 fully saturated rings. The number of carbonyl (C=O) groups is 1. The Kier molecular flexibility index (Phi) is 8.90. The van der Waals surface area contributed by atoms with Gasteiger partial charge < -0.3 is 38.6 Å². The lowest BCUT2D eigenvalue weighted by Crippen LogP contribution is -2.38. The highest BCUT2D eigenvalue weighted by Crippen LogP contribution is 2.45. The Morgan fingerprint density at radius 2 is 1.77 bits per heavy atom. The van der Waals surface area contributed by atoms with Crippen LogP contribution in [0, 0.1) is 5.92 Å². The lowest BCUT2D eigenvalue weighted by molar-refractivity contribution is -0.148. The van der Waals surface area contributed by atoms with Crippen LogP contribution in [0.5, 0.6) is 28.7 Å². The van der Waals surface area contributed by atoms with Crippen molar-refractivity contribution in [3.8, 4) is 28.7 Å². The Hall–Kier alpha value is -3.86. The van der Waals surface area contributed by atoms with Gasteiger partial charge in [-0.05, 0) is 43.5 Å². The van der Waals surface area contributed by atoms with Gasteiger partial charge in [0.15, 0.2) is 23.0 Å². The minimum atomic E-state index is -0.142. The Balaban J connectivity index is 0.00000353. The molecule has 0 bridgehead atoms. The summed E-state index contributed by atoms with van der Waals surface area (Å²) in [5.41, 5.74) is 1.60. The molecule has 0 unspecified atom stereocenters. The number of esters is 1. The lowest BCUT2D eigenvalue weighted by atomic mass is 9.97. The molecule has 2 aliphatic rings. The summed E-state index contributed by atoms with van der Waals surface area (Å²) in [6.45, 7) is 4.18. The summed E-state index contributed by atoms with van der Waals surface area (Å²) >= 11 is 0. The summed E-state index contributed by atoms with van der Waals surface area (Å²) in [6, 6.07) is 7.67. The van der Waals surface area contributed by atoms with Gasteiger partial charge in [0, 0.05) is 19.6 Å². The van der Waals surface area contributed by atoms with Gasteiger partial charge in [0.2, 0.25) is 18.5 Å². The molecule has 0 atom stereocenters. The number of halogens is 1. The first kappa shape index (κ1) is 28.2. The van der Waals surface area contributed by atoms with E-state index in [1.807, 2.05) is 31.2 Å². The summed E-state index contributed by atoms with van der Waals surface area (Å²) in [6.07, 6.45) is 1.34. The molecule has 2 aliphatic heterocycles. The summed E-state index contributed by atoms with van der Waals surface area (Å²) in [7, 11) is 4.71. The molecule has 0 aliphatic carbocycles. The van der Waals surface area contributed by atoms with Crippen molar-refractivity contribution in [1.29, 1.82) is 0 Å². The van der Waals surface area contributed by atoms with Crippen molar-refractivity contribution < 1.29 is 33.2 Å². The average Bonchev–Trinajstić information content (AvgIpc) is 3.43. The number of methoxy groups -OCH3 is 3. The van der Waals surface area contributed by atoms with Crippen LogP contribution in [0.25, 0.3) is 10.9 Å². The van der Waals surface area contributed by atoms with Crippen molar-refractivity contribution >= 4 is 41.0 Å². The van der Waals surface area contributed by atoms with E-state index in [4.69, 9.17) is 38.4 Å². The number of nitrogens with zero attached hydrogens (tertiary/aromatic N) is 3. The van der Waals surface area contributed by atoms with E-state index < -0.39 is 0 Å². The van der Waals surface area contributed by atoms with E-state index >= 15 is 0 Å². The third-order valence-electron chi connectivity index (χ3n) is 6.78. The summed E-state index contributed by atoms with van der Waals surface area (Å²) in [5, 5.41) is 4.19. The van der Waals surface area contributed by atoms with Crippen LogP contribution >= 0.6 is 12.4 Å². The largest absolute Gasteiger partial charge is 0.493 e. The van der Waals surface area contributed by atoms with E-state index in [1.165, 1.54) is 0 Å². The number of fused-ring (bicyclic) bond motifs is 2. The molecule has 39 heavy (non-hydrogen) atoms. The fraction of sp³-hybridized carbons (Fsp3) is 0.444. The van der Waals surface area contributed by atoms with Crippen LogP contribution in [0.15, 0.2) is 24.3 Å². The number of aromatic nitrogens is 2. The number of carbonyl (C=O) groups excluding carboxylic acids is 1. The van der Waals surface area contributed by atoms with E-state index in [1.54, 1.807) is 21.3 Å². The molecular weight excluding hydrogens is 528 g/mol.